The molecule has 0 amide bonds. The molecule has 0 unspecified atom stereocenters. The van der Waals surface area contributed by atoms with Crippen molar-refractivity contribution in [2.24, 2.45) is 0 Å². The highest BCUT2D eigenvalue weighted by atomic mass is 35.5. The van der Waals surface area contributed by atoms with Crippen molar-refractivity contribution in [1.82, 2.24) is 4.57 Å². The van der Waals surface area contributed by atoms with Crippen LogP contribution >= 0.6 is 23.2 Å². The molecule has 0 radical (unpaired) electrons. The average molecular weight is 193 g/mol. The monoisotopic (exact) mass is 192 g/mol. The molecule has 0 aliphatic carbocycles. The summed E-state index contributed by atoms with van der Waals surface area (Å²) in [6.45, 7) is -0.315. The summed E-state index contributed by atoms with van der Waals surface area (Å²) in [5.41, 5.74) is 0. The molecule has 0 atom stereocenters. The minimum Gasteiger partial charge on any atom is -0.548 e. The SMILES string of the molecule is O=C([O-])Cn1c(Cl)ccc1Cl. The summed E-state index contributed by atoms with van der Waals surface area (Å²) in [7, 11) is 0. The summed E-state index contributed by atoms with van der Waals surface area (Å²) in [5.74, 6) is -1.22. The van der Waals surface area contributed by atoms with Crippen LogP contribution in [0.1, 0.15) is 0 Å². The lowest BCUT2D eigenvalue weighted by atomic mass is 10.6. The number of carboxylic acids is 1. The second kappa shape index (κ2) is 3.15. The van der Waals surface area contributed by atoms with Crippen LogP contribution in [0.5, 0.6) is 0 Å². The van der Waals surface area contributed by atoms with Crippen LogP contribution in [0.2, 0.25) is 10.3 Å². The Labute approximate surface area is 73.1 Å². The second-order valence-corrected chi connectivity index (χ2v) is 2.71. The molecule has 0 aromatic carbocycles. The van der Waals surface area contributed by atoms with Crippen molar-refractivity contribution in [2.75, 3.05) is 0 Å². The number of aliphatic carboxylic acids is 1. The molecular weight excluding hydrogens is 189 g/mol. The number of carbonyl (C=O) groups is 1. The first-order chi connectivity index (χ1) is 5.11. The van der Waals surface area contributed by atoms with Gasteiger partial charge in [0.25, 0.3) is 0 Å². The van der Waals surface area contributed by atoms with E-state index in [1.807, 2.05) is 0 Å². The van der Waals surface area contributed by atoms with Gasteiger partial charge in [-0.1, -0.05) is 23.2 Å². The average Bonchev–Trinajstić information content (AvgIpc) is 2.18. The number of carboxylic acid groups (broad SMARTS) is 1. The van der Waals surface area contributed by atoms with Crippen LogP contribution in [0.15, 0.2) is 12.1 Å². The molecule has 1 aromatic rings. The van der Waals surface area contributed by atoms with E-state index < -0.39 is 5.97 Å². The van der Waals surface area contributed by atoms with Crippen LogP contribution in [0.25, 0.3) is 0 Å². The third-order valence-corrected chi connectivity index (χ3v) is 1.82. The quantitative estimate of drug-likeness (QED) is 0.688. The van der Waals surface area contributed by atoms with Crippen molar-refractivity contribution in [2.45, 2.75) is 6.54 Å². The fraction of sp³-hybridized carbons (Fsp3) is 0.167. The van der Waals surface area contributed by atoms with E-state index >= 15 is 0 Å². The summed E-state index contributed by atoms with van der Waals surface area (Å²) in [4.78, 5) is 10.1. The molecular formula is C6H4Cl2NO2-. The van der Waals surface area contributed by atoms with Crippen molar-refractivity contribution in [3.05, 3.63) is 22.4 Å². The van der Waals surface area contributed by atoms with Gasteiger partial charge in [0, 0.05) is 0 Å². The molecule has 0 bridgehead atoms. The molecule has 1 heterocycles. The molecule has 5 heteroatoms. The maximum absolute atomic E-state index is 10.1. The number of carbonyl (C=O) groups excluding carboxylic acids is 1. The molecule has 11 heavy (non-hydrogen) atoms. The van der Waals surface area contributed by atoms with E-state index in [4.69, 9.17) is 23.2 Å². The predicted octanol–water partition coefficient (Wildman–Crippen LogP) is 0.545. The zero-order valence-electron chi connectivity index (χ0n) is 5.38. The Balaban J connectivity index is 2.92. The van der Waals surface area contributed by atoms with Gasteiger partial charge in [-0.05, 0) is 12.1 Å². The standard InChI is InChI=1S/C6H5Cl2NO2/c7-4-1-2-5(8)9(4)3-6(10)11/h1-2H,3H2,(H,10,11)/p-1. The van der Waals surface area contributed by atoms with Gasteiger partial charge in [-0.3, -0.25) is 0 Å². The van der Waals surface area contributed by atoms with Crippen molar-refractivity contribution in [1.29, 1.82) is 0 Å². The highest BCUT2D eigenvalue weighted by molar-refractivity contribution is 6.33. The second-order valence-electron chi connectivity index (χ2n) is 1.94. The van der Waals surface area contributed by atoms with E-state index in [1.54, 1.807) is 0 Å². The number of aromatic nitrogens is 1. The Morgan fingerprint density at radius 3 is 2.27 bits per heavy atom. The molecule has 60 valence electrons. The van der Waals surface area contributed by atoms with Gasteiger partial charge in [-0.15, -0.1) is 0 Å². The fourth-order valence-corrected chi connectivity index (χ4v) is 1.17. The van der Waals surface area contributed by atoms with Gasteiger partial charge >= 0.3 is 0 Å². The lowest BCUT2D eigenvalue weighted by molar-refractivity contribution is -0.306. The lowest BCUT2D eigenvalue weighted by Crippen LogP contribution is -2.27. The van der Waals surface area contributed by atoms with E-state index in [1.165, 1.54) is 16.7 Å². The summed E-state index contributed by atoms with van der Waals surface area (Å²) in [5, 5.41) is 10.7. The molecule has 0 fully saturated rings. The third-order valence-electron chi connectivity index (χ3n) is 1.16. The molecule has 0 aliphatic rings. The highest BCUT2D eigenvalue weighted by Crippen LogP contribution is 2.18. The number of rotatable bonds is 2. The summed E-state index contributed by atoms with van der Waals surface area (Å²) in [6.07, 6.45) is 0. The van der Waals surface area contributed by atoms with Crippen LogP contribution in [-0.4, -0.2) is 10.5 Å². The Hall–Kier alpha value is -0.670. The summed E-state index contributed by atoms with van der Waals surface area (Å²) < 4.78 is 1.23. The van der Waals surface area contributed by atoms with Crippen molar-refractivity contribution < 1.29 is 9.90 Å². The Bertz CT molecular complexity index is 263. The minimum absolute atomic E-state index is 0.291. The Morgan fingerprint density at radius 2 is 1.91 bits per heavy atom. The summed E-state index contributed by atoms with van der Waals surface area (Å²) in [6, 6.07) is 3.04. The molecule has 1 aromatic heterocycles. The molecule has 0 saturated heterocycles. The summed E-state index contributed by atoms with van der Waals surface area (Å²) >= 11 is 11.2. The molecule has 1 rings (SSSR count). The van der Waals surface area contributed by atoms with Crippen LogP contribution in [-0.2, 0) is 11.3 Å². The van der Waals surface area contributed by atoms with Crippen molar-refractivity contribution >= 4 is 29.2 Å². The van der Waals surface area contributed by atoms with Crippen LogP contribution in [0.4, 0.5) is 0 Å². The maximum Gasteiger partial charge on any atom is 0.110 e. The van der Waals surface area contributed by atoms with Crippen LogP contribution < -0.4 is 5.11 Å². The molecule has 3 nitrogen and oxygen atoms in total. The van der Waals surface area contributed by atoms with Gasteiger partial charge < -0.3 is 14.5 Å². The predicted molar refractivity (Wildman–Crippen MR) is 39.5 cm³/mol. The number of halogens is 2. The van der Waals surface area contributed by atoms with E-state index in [-0.39, 0.29) is 6.54 Å². The first-order valence-electron chi connectivity index (χ1n) is 2.81. The smallest absolute Gasteiger partial charge is 0.110 e. The first kappa shape index (κ1) is 8.43. The van der Waals surface area contributed by atoms with Gasteiger partial charge in [0.1, 0.15) is 10.3 Å². The van der Waals surface area contributed by atoms with Gasteiger partial charge in [-0.2, -0.15) is 0 Å². The lowest BCUT2D eigenvalue weighted by Gasteiger charge is -2.06. The number of hydrogen-bond acceptors (Lipinski definition) is 2. The molecule has 0 N–H and O–H groups in total. The van der Waals surface area contributed by atoms with E-state index in [0.717, 1.165) is 0 Å². The molecule has 0 spiro atoms. The highest BCUT2D eigenvalue weighted by Gasteiger charge is 2.02. The van der Waals surface area contributed by atoms with Crippen LogP contribution in [0, 0.1) is 0 Å². The fourth-order valence-electron chi connectivity index (χ4n) is 0.700. The molecule has 0 aliphatic heterocycles. The maximum atomic E-state index is 10.1. The largest absolute Gasteiger partial charge is 0.548 e. The number of nitrogens with zero attached hydrogens (tertiary/aromatic N) is 1. The Morgan fingerprint density at radius 1 is 1.45 bits per heavy atom. The van der Waals surface area contributed by atoms with E-state index in [2.05, 4.69) is 0 Å². The normalized spacial score (nSPS) is 10.0. The minimum atomic E-state index is -1.22. The number of hydrogen-bond donors (Lipinski definition) is 0. The van der Waals surface area contributed by atoms with E-state index in [0.29, 0.717) is 10.3 Å². The third kappa shape index (κ3) is 1.88. The van der Waals surface area contributed by atoms with Gasteiger partial charge in [0.15, 0.2) is 0 Å². The first-order valence-corrected chi connectivity index (χ1v) is 3.57. The van der Waals surface area contributed by atoms with Gasteiger partial charge in [-0.25, -0.2) is 0 Å². The van der Waals surface area contributed by atoms with Crippen molar-refractivity contribution in [3.63, 3.8) is 0 Å². The molecule has 0 saturated carbocycles. The van der Waals surface area contributed by atoms with Crippen LogP contribution in [0.3, 0.4) is 0 Å². The topological polar surface area (TPSA) is 45.1 Å². The van der Waals surface area contributed by atoms with Crippen molar-refractivity contribution in [3.8, 4) is 0 Å². The van der Waals surface area contributed by atoms with Gasteiger partial charge in [0.2, 0.25) is 0 Å². The zero-order chi connectivity index (χ0) is 8.43. The van der Waals surface area contributed by atoms with Gasteiger partial charge in [0.05, 0.1) is 12.5 Å². The Kier molecular flexibility index (Phi) is 2.42. The van der Waals surface area contributed by atoms with E-state index in [9.17, 15) is 9.90 Å². The zero-order valence-corrected chi connectivity index (χ0v) is 6.89.